The zero-order valence-corrected chi connectivity index (χ0v) is 28.3. The molecule has 4 aromatic rings. The van der Waals surface area contributed by atoms with Crippen LogP contribution in [0.2, 0.25) is 0 Å². The van der Waals surface area contributed by atoms with E-state index in [2.05, 4.69) is 0 Å². The summed E-state index contributed by atoms with van der Waals surface area (Å²) in [6.45, 7) is -1.52. The number of esters is 4. The highest BCUT2D eigenvalue weighted by Crippen LogP contribution is 2.17. The van der Waals surface area contributed by atoms with Crippen molar-refractivity contribution in [1.82, 2.24) is 0 Å². The highest BCUT2D eigenvalue weighted by molar-refractivity contribution is 5.91. The fraction of sp³-hybridized carbons (Fsp3) is 0.263. The van der Waals surface area contributed by atoms with Crippen molar-refractivity contribution in [3.63, 3.8) is 0 Å². The summed E-state index contributed by atoms with van der Waals surface area (Å²) in [7, 11) is 4.49. The van der Waals surface area contributed by atoms with E-state index in [1.165, 1.54) is 69.9 Å². The van der Waals surface area contributed by atoms with Gasteiger partial charge in [0.25, 0.3) is 0 Å². The molecule has 0 aromatic heterocycles. The van der Waals surface area contributed by atoms with Crippen molar-refractivity contribution < 1.29 is 62.2 Å². The van der Waals surface area contributed by atoms with Gasteiger partial charge in [0.05, 0.1) is 63.4 Å². The molecule has 2 atom stereocenters. The molecule has 0 bridgehead atoms. The molecule has 4 aromatic carbocycles. The van der Waals surface area contributed by atoms with E-state index in [0.717, 1.165) is 0 Å². The fourth-order valence-corrected chi connectivity index (χ4v) is 4.43. The van der Waals surface area contributed by atoms with E-state index in [-0.39, 0.29) is 55.3 Å². The van der Waals surface area contributed by atoms with Crippen molar-refractivity contribution in [3.05, 3.63) is 125 Å². The maximum absolute atomic E-state index is 13.0. The number of carbonyl (C=O) groups excluding carboxylic acids is 4. The molecular formula is C38H38O13. The predicted octanol–water partition coefficient (Wildman–Crippen LogP) is 4.69. The smallest absolute Gasteiger partial charge is 0.338 e. The second kappa shape index (κ2) is 19.3. The van der Waals surface area contributed by atoms with E-state index in [1.54, 1.807) is 48.5 Å². The third kappa shape index (κ3) is 11.6. The third-order valence-electron chi connectivity index (χ3n) is 7.30. The Morgan fingerprint density at radius 3 is 1.10 bits per heavy atom. The summed E-state index contributed by atoms with van der Waals surface area (Å²) >= 11 is 0. The van der Waals surface area contributed by atoms with Crippen molar-refractivity contribution in [2.75, 3.05) is 47.8 Å². The quantitative estimate of drug-likeness (QED) is 0.112. The van der Waals surface area contributed by atoms with E-state index in [0.29, 0.717) is 22.8 Å². The lowest BCUT2D eigenvalue weighted by Gasteiger charge is -2.21. The summed E-state index contributed by atoms with van der Waals surface area (Å²) in [6, 6.07) is 24.8. The zero-order valence-electron chi connectivity index (χ0n) is 28.3. The number of methoxy groups -OCH3 is 3. The molecule has 2 unspecified atom stereocenters. The van der Waals surface area contributed by atoms with Gasteiger partial charge in [0, 0.05) is 0 Å². The zero-order chi connectivity index (χ0) is 36.6. The molecule has 0 saturated carbocycles. The van der Waals surface area contributed by atoms with Crippen molar-refractivity contribution in [2.45, 2.75) is 18.8 Å². The minimum absolute atomic E-state index is 0.187. The van der Waals surface area contributed by atoms with Gasteiger partial charge in [-0.3, -0.25) is 0 Å². The van der Waals surface area contributed by atoms with Crippen LogP contribution in [-0.2, 0) is 30.3 Å². The monoisotopic (exact) mass is 702 g/mol. The van der Waals surface area contributed by atoms with Crippen LogP contribution in [0.4, 0.5) is 0 Å². The number of rotatable bonds is 18. The Morgan fingerprint density at radius 2 is 0.784 bits per heavy atom. The van der Waals surface area contributed by atoms with Gasteiger partial charge >= 0.3 is 23.9 Å². The molecule has 0 aliphatic heterocycles. The number of benzene rings is 4. The molecule has 51 heavy (non-hydrogen) atoms. The maximum Gasteiger partial charge on any atom is 0.338 e. The number of aliphatic hydroxyl groups is 1. The molecule has 0 saturated heterocycles. The van der Waals surface area contributed by atoms with Crippen LogP contribution >= 0.6 is 0 Å². The highest BCUT2D eigenvalue weighted by atomic mass is 16.6. The number of ether oxygens (including phenoxy) is 8. The second-order valence-corrected chi connectivity index (χ2v) is 10.8. The van der Waals surface area contributed by atoms with Gasteiger partial charge in [-0.2, -0.15) is 0 Å². The van der Waals surface area contributed by atoms with Crippen LogP contribution in [0.1, 0.15) is 47.0 Å². The number of hydrogen-bond acceptors (Lipinski definition) is 13. The van der Waals surface area contributed by atoms with Gasteiger partial charge in [-0.25, -0.2) is 19.2 Å². The van der Waals surface area contributed by atoms with Crippen LogP contribution in [0, 0.1) is 0 Å². The summed E-state index contributed by atoms with van der Waals surface area (Å²) in [5.41, 5.74) is 1.51. The lowest BCUT2D eigenvalue weighted by atomic mass is 10.1. The van der Waals surface area contributed by atoms with Crippen molar-refractivity contribution in [3.8, 4) is 17.2 Å². The van der Waals surface area contributed by atoms with Crippen LogP contribution in [0.3, 0.4) is 0 Å². The summed E-state index contributed by atoms with van der Waals surface area (Å²) in [5.74, 6) is -1.16. The molecule has 1 N–H and O–H groups in total. The van der Waals surface area contributed by atoms with Gasteiger partial charge in [0.2, 0.25) is 0 Å². The standard InChI is InChI=1S/C38H38O13/c1-44-30-14-8-27(9-15-30)36(41)49-24-34(51-38(43)29-12-18-32(46-3)19-13-29)22-47-21-33(50-37(42)28-10-16-31(45-2)17-11-28)23-48-35(40)26-6-4-25(20-39)5-7-26/h4-19,33-34,39H,20-24H2,1-3H3. The van der Waals surface area contributed by atoms with Crippen LogP contribution in [0.5, 0.6) is 17.2 Å². The molecule has 0 amide bonds. The first-order valence-corrected chi connectivity index (χ1v) is 15.7. The largest absolute Gasteiger partial charge is 0.497 e. The van der Waals surface area contributed by atoms with Gasteiger partial charge in [0.15, 0.2) is 12.2 Å². The van der Waals surface area contributed by atoms with Crippen LogP contribution in [0.25, 0.3) is 0 Å². The molecule has 0 radical (unpaired) electrons. The van der Waals surface area contributed by atoms with Gasteiger partial charge in [-0.15, -0.1) is 0 Å². The molecule has 4 rings (SSSR count). The highest BCUT2D eigenvalue weighted by Gasteiger charge is 2.23. The fourth-order valence-electron chi connectivity index (χ4n) is 4.43. The van der Waals surface area contributed by atoms with Gasteiger partial charge in [0.1, 0.15) is 30.5 Å². The summed E-state index contributed by atoms with van der Waals surface area (Å²) in [4.78, 5) is 51.6. The molecule has 268 valence electrons. The first-order valence-electron chi connectivity index (χ1n) is 15.7. The Labute approximate surface area is 294 Å². The minimum atomic E-state index is -1.10. The molecule has 0 heterocycles. The Kier molecular flexibility index (Phi) is 14.4. The van der Waals surface area contributed by atoms with Crippen LogP contribution in [-0.4, -0.2) is 88.9 Å². The van der Waals surface area contributed by atoms with E-state index >= 15 is 0 Å². The molecule has 0 spiro atoms. The van der Waals surface area contributed by atoms with Crippen molar-refractivity contribution in [2.24, 2.45) is 0 Å². The van der Waals surface area contributed by atoms with E-state index in [4.69, 9.17) is 37.9 Å². The molecule has 0 fully saturated rings. The summed E-state index contributed by atoms with van der Waals surface area (Å²) in [6.07, 6.45) is -2.19. The van der Waals surface area contributed by atoms with E-state index < -0.39 is 36.1 Å². The van der Waals surface area contributed by atoms with Gasteiger partial charge < -0.3 is 43.0 Å². The topological polar surface area (TPSA) is 162 Å². The number of aliphatic hydroxyl groups excluding tert-OH is 1. The first kappa shape index (κ1) is 37.9. The Hall–Kier alpha value is -5.92. The predicted molar refractivity (Wildman–Crippen MR) is 181 cm³/mol. The molecule has 0 aliphatic rings. The normalized spacial score (nSPS) is 11.8. The minimum Gasteiger partial charge on any atom is -0.497 e. The summed E-state index contributed by atoms with van der Waals surface area (Å²) < 4.78 is 43.4. The first-order chi connectivity index (χ1) is 24.7. The molecular weight excluding hydrogens is 664 g/mol. The van der Waals surface area contributed by atoms with Crippen LogP contribution < -0.4 is 14.2 Å². The molecule has 0 aliphatic carbocycles. The maximum atomic E-state index is 13.0. The van der Waals surface area contributed by atoms with E-state index in [1.807, 2.05) is 0 Å². The average molecular weight is 703 g/mol. The van der Waals surface area contributed by atoms with Gasteiger partial charge in [-0.05, 0) is 90.5 Å². The number of carbonyl (C=O) groups is 4. The third-order valence-corrected chi connectivity index (χ3v) is 7.30. The van der Waals surface area contributed by atoms with E-state index in [9.17, 15) is 24.3 Å². The average Bonchev–Trinajstić information content (AvgIpc) is 3.18. The van der Waals surface area contributed by atoms with Crippen molar-refractivity contribution in [1.29, 1.82) is 0 Å². The Morgan fingerprint density at radius 1 is 0.471 bits per heavy atom. The second-order valence-electron chi connectivity index (χ2n) is 10.8. The summed E-state index contributed by atoms with van der Waals surface area (Å²) in [5, 5.41) is 9.28. The molecule has 13 heteroatoms. The molecule has 13 nitrogen and oxygen atoms in total. The van der Waals surface area contributed by atoms with Crippen molar-refractivity contribution >= 4 is 23.9 Å². The lowest BCUT2D eigenvalue weighted by molar-refractivity contribution is -0.0617. The SMILES string of the molecule is COc1ccc(C(=O)OCC(COCC(COC(=O)c2ccc(CO)cc2)OC(=O)c2ccc(OC)cc2)OC(=O)c2ccc(OC)cc2)cc1. The number of hydrogen-bond donors (Lipinski definition) is 1. The Bertz CT molecular complexity index is 1590. The Balaban J connectivity index is 1.44. The van der Waals surface area contributed by atoms with Crippen LogP contribution in [0.15, 0.2) is 97.1 Å². The lowest BCUT2D eigenvalue weighted by Crippen LogP contribution is -2.34. The van der Waals surface area contributed by atoms with Gasteiger partial charge in [-0.1, -0.05) is 12.1 Å².